The van der Waals surface area contributed by atoms with Gasteiger partial charge in [0.25, 0.3) is 0 Å². The van der Waals surface area contributed by atoms with Crippen LogP contribution in [-0.2, 0) is 9.59 Å². The minimum atomic E-state index is -1.28. The zero-order valence-electron chi connectivity index (χ0n) is 9.44. The van der Waals surface area contributed by atoms with Crippen molar-refractivity contribution < 1.29 is 19.5 Å². The lowest BCUT2D eigenvalue weighted by Gasteiger charge is -2.25. The van der Waals surface area contributed by atoms with Gasteiger partial charge in [-0.15, -0.1) is 0 Å². The molecule has 1 atom stereocenters. The van der Waals surface area contributed by atoms with E-state index in [1.807, 2.05) is 0 Å². The molecule has 3 amide bonds. The van der Waals surface area contributed by atoms with Crippen LogP contribution in [0.4, 0.5) is 4.79 Å². The number of hydrogen-bond acceptors (Lipinski definition) is 3. The molecule has 1 rings (SSSR count). The van der Waals surface area contributed by atoms with Gasteiger partial charge < -0.3 is 21.5 Å². The molecule has 0 aromatic heterocycles. The molecule has 1 saturated carbocycles. The number of carbonyl (C=O) groups is 3. The fourth-order valence-corrected chi connectivity index (χ4v) is 1.54. The van der Waals surface area contributed by atoms with Gasteiger partial charge in [-0.3, -0.25) is 4.79 Å². The van der Waals surface area contributed by atoms with Gasteiger partial charge in [0.2, 0.25) is 5.91 Å². The van der Waals surface area contributed by atoms with Crippen LogP contribution in [-0.4, -0.2) is 35.6 Å². The number of urea groups is 1. The minimum absolute atomic E-state index is 0.411. The summed E-state index contributed by atoms with van der Waals surface area (Å²) in [5, 5.41) is 13.5. The van der Waals surface area contributed by atoms with E-state index in [0.717, 1.165) is 12.8 Å². The SMILES string of the molecule is NC(=O)C[C@H](NC(=O)NCC1CCC1)C(=O)O. The van der Waals surface area contributed by atoms with Gasteiger partial charge in [0.05, 0.1) is 6.42 Å². The maximum atomic E-state index is 11.3. The molecule has 1 aliphatic rings. The molecule has 96 valence electrons. The molecule has 0 heterocycles. The summed E-state index contributed by atoms with van der Waals surface area (Å²) in [7, 11) is 0. The highest BCUT2D eigenvalue weighted by molar-refractivity contribution is 5.87. The first-order chi connectivity index (χ1) is 7.99. The average molecular weight is 243 g/mol. The van der Waals surface area contributed by atoms with Gasteiger partial charge in [0, 0.05) is 6.54 Å². The molecule has 0 unspecified atom stereocenters. The van der Waals surface area contributed by atoms with Gasteiger partial charge in [-0.05, 0) is 18.8 Å². The van der Waals surface area contributed by atoms with Crippen molar-refractivity contribution in [2.45, 2.75) is 31.7 Å². The van der Waals surface area contributed by atoms with Crippen LogP contribution in [0.25, 0.3) is 0 Å². The number of hydrogen-bond donors (Lipinski definition) is 4. The lowest BCUT2D eigenvalue weighted by Crippen LogP contribution is -2.48. The van der Waals surface area contributed by atoms with E-state index in [1.54, 1.807) is 0 Å². The maximum Gasteiger partial charge on any atom is 0.326 e. The fourth-order valence-electron chi connectivity index (χ4n) is 1.54. The van der Waals surface area contributed by atoms with E-state index in [-0.39, 0.29) is 0 Å². The Hall–Kier alpha value is -1.79. The molecular formula is C10H17N3O4. The number of rotatable bonds is 6. The first-order valence-corrected chi connectivity index (χ1v) is 5.54. The first-order valence-electron chi connectivity index (χ1n) is 5.54. The third-order valence-electron chi connectivity index (χ3n) is 2.78. The third kappa shape index (κ3) is 4.71. The number of primary amides is 1. The number of nitrogens with two attached hydrogens (primary N) is 1. The van der Waals surface area contributed by atoms with Crippen LogP contribution in [0, 0.1) is 5.92 Å². The lowest BCUT2D eigenvalue weighted by atomic mass is 9.85. The Labute approximate surface area is 98.7 Å². The van der Waals surface area contributed by atoms with E-state index in [0.29, 0.717) is 12.5 Å². The zero-order valence-corrected chi connectivity index (χ0v) is 9.44. The fraction of sp³-hybridized carbons (Fsp3) is 0.700. The van der Waals surface area contributed by atoms with E-state index in [2.05, 4.69) is 10.6 Å². The van der Waals surface area contributed by atoms with Crippen LogP contribution in [0.5, 0.6) is 0 Å². The maximum absolute atomic E-state index is 11.3. The largest absolute Gasteiger partial charge is 0.480 e. The van der Waals surface area contributed by atoms with E-state index in [9.17, 15) is 14.4 Å². The topological polar surface area (TPSA) is 122 Å². The molecule has 0 saturated heterocycles. The third-order valence-corrected chi connectivity index (χ3v) is 2.78. The van der Waals surface area contributed by atoms with E-state index >= 15 is 0 Å². The van der Waals surface area contributed by atoms with Gasteiger partial charge in [-0.1, -0.05) is 6.42 Å². The number of carboxylic acids is 1. The summed E-state index contributed by atoms with van der Waals surface area (Å²) in [4.78, 5) is 32.7. The van der Waals surface area contributed by atoms with E-state index in [4.69, 9.17) is 10.8 Å². The summed E-state index contributed by atoms with van der Waals surface area (Å²) in [5.74, 6) is -1.56. The van der Waals surface area contributed by atoms with Crippen LogP contribution in [0.2, 0.25) is 0 Å². The van der Waals surface area contributed by atoms with Crippen LogP contribution in [0.3, 0.4) is 0 Å². The van der Waals surface area contributed by atoms with Gasteiger partial charge in [-0.2, -0.15) is 0 Å². The molecule has 0 aromatic carbocycles. The molecule has 0 radical (unpaired) electrons. The number of aliphatic carboxylic acids is 1. The van der Waals surface area contributed by atoms with Crippen LogP contribution < -0.4 is 16.4 Å². The number of carboxylic acid groups (broad SMARTS) is 1. The molecule has 17 heavy (non-hydrogen) atoms. The highest BCUT2D eigenvalue weighted by Crippen LogP contribution is 2.24. The first kappa shape index (κ1) is 13.3. The predicted molar refractivity (Wildman–Crippen MR) is 59.1 cm³/mol. The molecule has 7 heteroatoms. The van der Waals surface area contributed by atoms with Crippen molar-refractivity contribution in [3.63, 3.8) is 0 Å². The van der Waals surface area contributed by atoms with E-state index in [1.165, 1.54) is 6.42 Å². The van der Waals surface area contributed by atoms with Gasteiger partial charge in [0.1, 0.15) is 6.04 Å². The Kier molecular flexibility index (Phi) is 4.74. The van der Waals surface area contributed by atoms with E-state index < -0.39 is 30.4 Å². The van der Waals surface area contributed by atoms with Crippen molar-refractivity contribution in [2.24, 2.45) is 11.7 Å². The second-order valence-corrected chi connectivity index (χ2v) is 4.21. The summed E-state index contributed by atoms with van der Waals surface area (Å²) in [5.41, 5.74) is 4.89. The Morgan fingerprint density at radius 3 is 2.41 bits per heavy atom. The highest BCUT2D eigenvalue weighted by atomic mass is 16.4. The number of amides is 3. The molecule has 0 bridgehead atoms. The second-order valence-electron chi connectivity index (χ2n) is 4.21. The molecule has 7 nitrogen and oxygen atoms in total. The van der Waals surface area contributed by atoms with Crippen LogP contribution in [0.15, 0.2) is 0 Å². The van der Waals surface area contributed by atoms with Gasteiger partial charge >= 0.3 is 12.0 Å². The predicted octanol–water partition coefficient (Wildman–Crippen LogP) is -0.586. The summed E-state index contributed by atoms with van der Waals surface area (Å²) in [6.07, 6.45) is 2.94. The van der Waals surface area contributed by atoms with Gasteiger partial charge in [0.15, 0.2) is 0 Å². The standard InChI is InChI=1S/C10H17N3O4/c11-8(14)4-7(9(15)16)13-10(17)12-5-6-2-1-3-6/h6-7H,1-5H2,(H2,11,14)(H,15,16)(H2,12,13,17)/t7-/m0/s1. The summed E-state index contributed by atoms with van der Waals surface area (Å²) in [6.45, 7) is 0.536. The van der Waals surface area contributed by atoms with Crippen LogP contribution >= 0.6 is 0 Å². The smallest absolute Gasteiger partial charge is 0.326 e. The van der Waals surface area contributed by atoms with Crippen molar-refractivity contribution in [2.75, 3.05) is 6.54 Å². The molecule has 0 spiro atoms. The Balaban J connectivity index is 2.29. The molecule has 1 fully saturated rings. The minimum Gasteiger partial charge on any atom is -0.480 e. The van der Waals surface area contributed by atoms with Crippen molar-refractivity contribution in [3.05, 3.63) is 0 Å². The summed E-state index contributed by atoms with van der Waals surface area (Å²) < 4.78 is 0. The molecule has 0 aliphatic heterocycles. The van der Waals surface area contributed by atoms with Crippen molar-refractivity contribution >= 4 is 17.9 Å². The summed E-state index contributed by atoms with van der Waals surface area (Å²) in [6, 6.07) is -1.85. The quantitative estimate of drug-likeness (QED) is 0.498. The highest BCUT2D eigenvalue weighted by Gasteiger charge is 2.23. The zero-order chi connectivity index (χ0) is 12.8. The lowest BCUT2D eigenvalue weighted by molar-refractivity contribution is -0.140. The normalized spacial score (nSPS) is 16.7. The Morgan fingerprint density at radius 2 is 2.00 bits per heavy atom. The Bertz CT molecular complexity index is 315. The monoisotopic (exact) mass is 243 g/mol. The van der Waals surface area contributed by atoms with Gasteiger partial charge in [-0.25, -0.2) is 9.59 Å². The van der Waals surface area contributed by atoms with Crippen molar-refractivity contribution in [1.29, 1.82) is 0 Å². The Morgan fingerprint density at radius 1 is 1.35 bits per heavy atom. The molecule has 1 aliphatic carbocycles. The summed E-state index contributed by atoms with van der Waals surface area (Å²) >= 11 is 0. The molecular weight excluding hydrogens is 226 g/mol. The average Bonchev–Trinajstić information content (AvgIpc) is 2.13. The molecule has 0 aromatic rings. The van der Waals surface area contributed by atoms with Crippen LogP contribution in [0.1, 0.15) is 25.7 Å². The second kappa shape index (κ2) is 6.07. The molecule has 5 N–H and O–H groups in total. The number of nitrogens with one attached hydrogen (secondary N) is 2. The van der Waals surface area contributed by atoms with Crippen molar-refractivity contribution in [1.82, 2.24) is 10.6 Å². The number of carbonyl (C=O) groups excluding carboxylic acids is 2. The van der Waals surface area contributed by atoms with Crippen molar-refractivity contribution in [3.8, 4) is 0 Å².